The van der Waals surface area contributed by atoms with Gasteiger partial charge in [0.15, 0.2) is 6.10 Å². The van der Waals surface area contributed by atoms with Crippen LogP contribution in [0, 0.1) is 6.92 Å². The quantitative estimate of drug-likeness (QED) is 0.153. The molecule has 9 heteroatoms. The second-order valence-corrected chi connectivity index (χ2v) is 14.2. The van der Waals surface area contributed by atoms with E-state index in [0.29, 0.717) is 11.1 Å². The number of benzene rings is 3. The first-order chi connectivity index (χ1) is 22.1. The average molecular weight is 651 g/mol. The minimum atomic E-state index is -0.924. The molecule has 0 saturated heterocycles. The van der Waals surface area contributed by atoms with Crippen molar-refractivity contribution in [3.63, 3.8) is 0 Å². The summed E-state index contributed by atoms with van der Waals surface area (Å²) in [5.41, 5.74) is 7.76. The number of esters is 1. The summed E-state index contributed by atoms with van der Waals surface area (Å²) in [4.78, 5) is 23.3. The number of thiazole rings is 1. The summed E-state index contributed by atoms with van der Waals surface area (Å²) in [5, 5.41) is 7.23. The minimum absolute atomic E-state index is 0.255. The van der Waals surface area contributed by atoms with Gasteiger partial charge in [-0.2, -0.15) is 5.10 Å². The Morgan fingerprint density at radius 1 is 1.04 bits per heavy atom. The molecule has 7 nitrogen and oxygen atoms in total. The lowest BCUT2D eigenvalue weighted by Gasteiger charge is -2.29. The van der Waals surface area contributed by atoms with Crippen LogP contribution in [0.2, 0.25) is 5.02 Å². The van der Waals surface area contributed by atoms with E-state index in [0.717, 1.165) is 65.2 Å². The van der Waals surface area contributed by atoms with E-state index in [9.17, 15) is 4.79 Å². The van der Waals surface area contributed by atoms with Crippen LogP contribution < -0.4 is 0 Å². The van der Waals surface area contributed by atoms with Crippen LogP contribution in [0.3, 0.4) is 0 Å². The number of carbonyl (C=O) groups is 1. The molecule has 3 aromatic carbocycles. The maximum absolute atomic E-state index is 13.5. The number of halogens is 1. The van der Waals surface area contributed by atoms with Gasteiger partial charge < -0.3 is 9.47 Å². The number of rotatable bonds is 8. The predicted molar refractivity (Wildman–Crippen MR) is 185 cm³/mol. The van der Waals surface area contributed by atoms with E-state index in [1.54, 1.807) is 18.3 Å². The molecule has 1 saturated carbocycles. The van der Waals surface area contributed by atoms with Crippen LogP contribution in [0.15, 0.2) is 73.1 Å². The van der Waals surface area contributed by atoms with Gasteiger partial charge >= 0.3 is 5.97 Å². The molecule has 3 heterocycles. The van der Waals surface area contributed by atoms with Gasteiger partial charge in [-0.15, -0.1) is 11.3 Å². The highest BCUT2D eigenvalue weighted by molar-refractivity contribution is 7.22. The zero-order valence-corrected chi connectivity index (χ0v) is 28.1. The SMILES string of the molecule is CCOC(=O)C(OC(C)(C)C)c1c(C)cc2nc(-c3ccnc(-c4ccc5c(cnn5C5CC5)c4)c3)sc2c1-c1ccc(Cl)cc1. The Kier molecular flexibility index (Phi) is 7.91. The largest absolute Gasteiger partial charge is 0.464 e. The molecular weight excluding hydrogens is 616 g/mol. The number of hydrogen-bond acceptors (Lipinski definition) is 7. The lowest BCUT2D eigenvalue weighted by atomic mass is 9.91. The van der Waals surface area contributed by atoms with Crippen molar-refractivity contribution in [3.05, 3.63) is 89.2 Å². The molecule has 0 N–H and O–H groups in total. The molecule has 1 aliphatic carbocycles. The Balaban J connectivity index is 1.36. The average Bonchev–Trinajstić information content (AvgIpc) is 3.64. The van der Waals surface area contributed by atoms with Crippen LogP contribution >= 0.6 is 22.9 Å². The van der Waals surface area contributed by atoms with Crippen molar-refractivity contribution in [2.45, 2.75) is 65.2 Å². The van der Waals surface area contributed by atoms with Crippen LogP contribution in [0.5, 0.6) is 0 Å². The molecule has 6 aromatic rings. The Morgan fingerprint density at radius 3 is 2.52 bits per heavy atom. The summed E-state index contributed by atoms with van der Waals surface area (Å²) in [6.45, 7) is 9.88. The molecule has 46 heavy (non-hydrogen) atoms. The second kappa shape index (κ2) is 11.9. The molecular formula is C37H35ClN4O3S. The predicted octanol–water partition coefficient (Wildman–Crippen LogP) is 9.76. The summed E-state index contributed by atoms with van der Waals surface area (Å²) >= 11 is 7.90. The maximum atomic E-state index is 13.5. The molecule has 0 spiro atoms. The van der Waals surface area contributed by atoms with Crippen molar-refractivity contribution >= 4 is 50.0 Å². The lowest BCUT2D eigenvalue weighted by Crippen LogP contribution is -2.29. The third kappa shape index (κ3) is 5.93. The molecule has 1 aliphatic rings. The molecule has 0 aliphatic heterocycles. The van der Waals surface area contributed by atoms with Crippen LogP contribution in [-0.2, 0) is 14.3 Å². The number of fused-ring (bicyclic) bond motifs is 2. The van der Waals surface area contributed by atoms with Crippen molar-refractivity contribution in [3.8, 4) is 33.0 Å². The van der Waals surface area contributed by atoms with Gasteiger partial charge in [-0.05, 0) is 101 Å². The Morgan fingerprint density at radius 2 is 1.80 bits per heavy atom. The van der Waals surface area contributed by atoms with Crippen molar-refractivity contribution in [2.75, 3.05) is 6.61 Å². The maximum Gasteiger partial charge on any atom is 0.339 e. The fourth-order valence-electron chi connectivity index (χ4n) is 5.92. The number of ether oxygens (including phenoxy) is 2. The highest BCUT2D eigenvalue weighted by atomic mass is 35.5. The topological polar surface area (TPSA) is 79.1 Å². The standard InChI is InChI=1S/C37H35ClN4O3S/c1-6-44-36(43)33(45-37(3,4)5)31-21(2)17-29-34(32(31)22-7-10-26(38)11-8-22)46-35(41-29)24-15-16-39-28(19-24)23-9-14-30-25(18-23)20-40-42(30)27-12-13-27/h7-11,14-20,27,33H,6,12-13H2,1-5H3. The van der Waals surface area contributed by atoms with Gasteiger partial charge in [0, 0.05) is 38.9 Å². The van der Waals surface area contributed by atoms with Crippen LogP contribution in [0.4, 0.5) is 0 Å². The third-order valence-electron chi connectivity index (χ3n) is 8.09. The summed E-state index contributed by atoms with van der Waals surface area (Å²) in [6.07, 6.45) is 5.24. The second-order valence-electron chi connectivity index (χ2n) is 12.7. The van der Waals surface area contributed by atoms with E-state index >= 15 is 0 Å². The first-order valence-corrected chi connectivity index (χ1v) is 16.8. The molecule has 1 atom stereocenters. The fourth-order valence-corrected chi connectivity index (χ4v) is 7.16. The molecule has 0 amide bonds. The number of aryl methyl sites for hydroxylation is 1. The molecule has 3 aromatic heterocycles. The van der Waals surface area contributed by atoms with Crippen molar-refractivity contribution in [1.82, 2.24) is 19.7 Å². The van der Waals surface area contributed by atoms with Gasteiger partial charge in [-0.3, -0.25) is 9.67 Å². The fraction of sp³-hybridized carbons (Fsp3) is 0.297. The number of hydrogen-bond donors (Lipinski definition) is 0. The summed E-state index contributed by atoms with van der Waals surface area (Å²) < 4.78 is 15.1. The third-order valence-corrected chi connectivity index (χ3v) is 9.48. The van der Waals surface area contributed by atoms with E-state index < -0.39 is 17.7 Å². The number of nitrogens with zero attached hydrogens (tertiary/aromatic N) is 4. The molecule has 7 rings (SSSR count). The van der Waals surface area contributed by atoms with E-state index in [1.807, 2.05) is 76.5 Å². The number of carbonyl (C=O) groups excluding carboxylic acids is 1. The summed E-state index contributed by atoms with van der Waals surface area (Å²) in [6, 6.07) is 20.7. The van der Waals surface area contributed by atoms with Gasteiger partial charge in [0.2, 0.25) is 0 Å². The zero-order chi connectivity index (χ0) is 32.2. The highest BCUT2D eigenvalue weighted by Gasteiger charge is 2.33. The first kappa shape index (κ1) is 30.5. The smallest absolute Gasteiger partial charge is 0.339 e. The van der Waals surface area contributed by atoms with Gasteiger partial charge in [-0.25, -0.2) is 9.78 Å². The number of pyridine rings is 1. The van der Waals surface area contributed by atoms with Gasteiger partial charge in [0.25, 0.3) is 0 Å². The minimum Gasteiger partial charge on any atom is -0.464 e. The Labute approximate surface area is 277 Å². The first-order valence-electron chi connectivity index (χ1n) is 15.6. The molecule has 1 fully saturated rings. The lowest BCUT2D eigenvalue weighted by molar-refractivity contribution is -0.166. The van der Waals surface area contributed by atoms with E-state index in [2.05, 4.69) is 34.0 Å². The molecule has 0 radical (unpaired) electrons. The monoisotopic (exact) mass is 650 g/mol. The summed E-state index contributed by atoms with van der Waals surface area (Å²) in [7, 11) is 0. The van der Waals surface area contributed by atoms with Gasteiger partial charge in [0.05, 0.1) is 45.9 Å². The van der Waals surface area contributed by atoms with Crippen molar-refractivity contribution in [2.24, 2.45) is 0 Å². The van der Waals surface area contributed by atoms with Crippen LogP contribution in [0.25, 0.3) is 54.1 Å². The summed E-state index contributed by atoms with van der Waals surface area (Å²) in [5.74, 6) is -0.418. The zero-order valence-electron chi connectivity index (χ0n) is 26.5. The number of aromatic nitrogens is 4. The molecule has 1 unspecified atom stereocenters. The highest BCUT2D eigenvalue weighted by Crippen LogP contribution is 2.45. The van der Waals surface area contributed by atoms with Crippen molar-refractivity contribution < 1.29 is 14.3 Å². The molecule has 0 bridgehead atoms. The van der Waals surface area contributed by atoms with Gasteiger partial charge in [-0.1, -0.05) is 29.8 Å². The van der Waals surface area contributed by atoms with Crippen LogP contribution in [0.1, 0.15) is 63.8 Å². The molecule has 234 valence electrons. The van der Waals surface area contributed by atoms with Gasteiger partial charge in [0.1, 0.15) is 5.01 Å². The normalized spacial score (nSPS) is 14.2. The van der Waals surface area contributed by atoms with Crippen molar-refractivity contribution in [1.29, 1.82) is 0 Å². The van der Waals surface area contributed by atoms with E-state index in [1.165, 1.54) is 12.8 Å². The Bertz CT molecular complexity index is 2090. The van der Waals surface area contributed by atoms with E-state index in [-0.39, 0.29) is 6.61 Å². The van der Waals surface area contributed by atoms with E-state index in [4.69, 9.17) is 31.0 Å². The Hall–Kier alpha value is -4.11. The van der Waals surface area contributed by atoms with Crippen LogP contribution in [-0.4, -0.2) is 37.9 Å².